The van der Waals surface area contributed by atoms with Crippen molar-refractivity contribution in [2.45, 2.75) is 24.1 Å². The Morgan fingerprint density at radius 1 is 1.35 bits per heavy atom. The van der Waals surface area contributed by atoms with E-state index >= 15 is 0 Å². The summed E-state index contributed by atoms with van der Waals surface area (Å²) in [6.45, 7) is 2.46. The number of carbonyl (C=O) groups is 1. The number of aromatic nitrogens is 1. The van der Waals surface area contributed by atoms with Gasteiger partial charge in [0.05, 0.1) is 16.3 Å². The summed E-state index contributed by atoms with van der Waals surface area (Å²) >= 11 is 1.21. The SMILES string of the molecule is CCNc1ccc(S(=O)(=O)C(F)F)cc1NC(=O)c1csc(CN)n1.Cl. The van der Waals surface area contributed by atoms with Crippen LogP contribution in [0.25, 0.3) is 0 Å². The third-order valence-electron chi connectivity index (χ3n) is 3.13. The number of nitrogens with two attached hydrogens (primary N) is 1. The zero-order valence-electron chi connectivity index (χ0n) is 13.5. The average Bonchev–Trinajstić information content (AvgIpc) is 3.05. The predicted molar refractivity (Wildman–Crippen MR) is 99.0 cm³/mol. The van der Waals surface area contributed by atoms with Gasteiger partial charge in [0.2, 0.25) is 9.84 Å². The molecule has 1 aromatic heterocycles. The maximum Gasteiger partial charge on any atom is 0.341 e. The van der Waals surface area contributed by atoms with E-state index in [9.17, 15) is 22.0 Å². The lowest BCUT2D eigenvalue weighted by molar-refractivity contribution is 0.102. The molecular weight excluding hydrogens is 410 g/mol. The lowest BCUT2D eigenvalue weighted by Crippen LogP contribution is -2.16. The molecule has 0 aliphatic rings. The van der Waals surface area contributed by atoms with E-state index in [0.29, 0.717) is 17.2 Å². The summed E-state index contributed by atoms with van der Waals surface area (Å²) in [5, 5.41) is 7.48. The highest BCUT2D eigenvalue weighted by Gasteiger charge is 2.27. The maximum atomic E-state index is 12.7. The summed E-state index contributed by atoms with van der Waals surface area (Å²) in [5.74, 6) is -4.15. The molecule has 0 atom stereocenters. The summed E-state index contributed by atoms with van der Waals surface area (Å²) < 4.78 is 48.8. The van der Waals surface area contributed by atoms with Crippen molar-refractivity contribution in [3.63, 3.8) is 0 Å². The fourth-order valence-corrected chi connectivity index (χ4v) is 3.35. The van der Waals surface area contributed by atoms with Crippen LogP contribution in [0.1, 0.15) is 22.4 Å². The number of anilines is 2. The normalized spacial score (nSPS) is 11.1. The summed E-state index contributed by atoms with van der Waals surface area (Å²) in [6, 6.07) is 3.37. The first kappa shape index (κ1) is 22.2. The topological polar surface area (TPSA) is 114 Å². The molecule has 1 aromatic carbocycles. The van der Waals surface area contributed by atoms with E-state index in [1.165, 1.54) is 22.8 Å². The minimum absolute atomic E-state index is 0. The highest BCUT2D eigenvalue weighted by molar-refractivity contribution is 7.91. The minimum Gasteiger partial charge on any atom is -0.384 e. The van der Waals surface area contributed by atoms with E-state index in [2.05, 4.69) is 15.6 Å². The second-order valence-corrected chi connectivity index (χ2v) is 7.69. The van der Waals surface area contributed by atoms with Crippen molar-refractivity contribution in [1.29, 1.82) is 0 Å². The fraction of sp³-hybridized carbons (Fsp3) is 0.286. The number of thiazole rings is 1. The van der Waals surface area contributed by atoms with Crippen LogP contribution in [-0.4, -0.2) is 31.6 Å². The van der Waals surface area contributed by atoms with E-state index in [1.54, 1.807) is 6.92 Å². The number of sulfone groups is 1. The van der Waals surface area contributed by atoms with Gasteiger partial charge in [-0.2, -0.15) is 8.78 Å². The number of hydrogen-bond acceptors (Lipinski definition) is 7. The van der Waals surface area contributed by atoms with Crippen LogP contribution in [0.2, 0.25) is 0 Å². The van der Waals surface area contributed by atoms with Crippen molar-refractivity contribution in [1.82, 2.24) is 4.98 Å². The Kier molecular flexibility index (Phi) is 7.87. The Morgan fingerprint density at radius 2 is 2.04 bits per heavy atom. The van der Waals surface area contributed by atoms with Crippen LogP contribution in [0.5, 0.6) is 0 Å². The molecule has 1 heterocycles. The Labute approximate surface area is 159 Å². The van der Waals surface area contributed by atoms with Crippen LogP contribution >= 0.6 is 23.7 Å². The number of rotatable bonds is 7. The Bertz CT molecular complexity index is 875. The lowest BCUT2D eigenvalue weighted by atomic mass is 10.2. The first-order valence-corrected chi connectivity index (χ1v) is 9.58. The summed E-state index contributed by atoms with van der Waals surface area (Å²) in [7, 11) is -4.77. The van der Waals surface area contributed by atoms with Gasteiger partial charge in [-0.1, -0.05) is 0 Å². The molecule has 12 heteroatoms. The number of alkyl halides is 2. The van der Waals surface area contributed by atoms with Crippen LogP contribution in [0.3, 0.4) is 0 Å². The lowest BCUT2D eigenvalue weighted by Gasteiger charge is -2.13. The van der Waals surface area contributed by atoms with Gasteiger partial charge in [-0.15, -0.1) is 23.7 Å². The molecule has 0 fully saturated rings. The van der Waals surface area contributed by atoms with Gasteiger partial charge in [0.25, 0.3) is 5.91 Å². The molecule has 7 nitrogen and oxygen atoms in total. The van der Waals surface area contributed by atoms with Gasteiger partial charge in [0.15, 0.2) is 0 Å². The van der Waals surface area contributed by atoms with Crippen molar-refractivity contribution in [3.8, 4) is 0 Å². The van der Waals surface area contributed by atoms with E-state index in [4.69, 9.17) is 5.73 Å². The van der Waals surface area contributed by atoms with Gasteiger partial charge < -0.3 is 16.4 Å². The van der Waals surface area contributed by atoms with Crippen LogP contribution in [0, 0.1) is 0 Å². The molecule has 1 amide bonds. The maximum absolute atomic E-state index is 12.7. The molecular formula is C14H17ClF2N4O3S2. The second-order valence-electron chi connectivity index (χ2n) is 4.83. The van der Waals surface area contributed by atoms with Gasteiger partial charge in [0, 0.05) is 18.5 Å². The first-order chi connectivity index (χ1) is 11.8. The molecule has 0 aliphatic carbocycles. The zero-order valence-corrected chi connectivity index (χ0v) is 16.0. The Morgan fingerprint density at radius 3 is 2.58 bits per heavy atom. The van der Waals surface area contributed by atoms with E-state index < -0.39 is 26.4 Å². The molecule has 0 aliphatic heterocycles. The number of nitrogens with zero attached hydrogens (tertiary/aromatic N) is 1. The van der Waals surface area contributed by atoms with Crippen molar-refractivity contribution >= 4 is 50.9 Å². The smallest absolute Gasteiger partial charge is 0.341 e. The molecule has 26 heavy (non-hydrogen) atoms. The van der Waals surface area contributed by atoms with E-state index in [-0.39, 0.29) is 30.3 Å². The summed E-state index contributed by atoms with van der Waals surface area (Å²) in [4.78, 5) is 15.7. The van der Waals surface area contributed by atoms with Gasteiger partial charge in [-0.3, -0.25) is 4.79 Å². The van der Waals surface area contributed by atoms with E-state index in [0.717, 1.165) is 12.1 Å². The highest BCUT2D eigenvalue weighted by atomic mass is 35.5. The number of benzene rings is 1. The first-order valence-electron chi connectivity index (χ1n) is 7.15. The number of nitrogens with one attached hydrogen (secondary N) is 2. The molecule has 0 saturated carbocycles. The molecule has 0 bridgehead atoms. The van der Waals surface area contributed by atoms with Crippen molar-refractivity contribution in [2.24, 2.45) is 5.73 Å². The van der Waals surface area contributed by atoms with E-state index in [1.807, 2.05) is 0 Å². The van der Waals surface area contributed by atoms with Crippen LogP contribution in [0.4, 0.5) is 20.2 Å². The third kappa shape index (κ3) is 4.87. The van der Waals surface area contributed by atoms with Gasteiger partial charge in [0.1, 0.15) is 10.7 Å². The molecule has 0 unspecified atom stereocenters. The van der Waals surface area contributed by atoms with Crippen LogP contribution < -0.4 is 16.4 Å². The highest BCUT2D eigenvalue weighted by Crippen LogP contribution is 2.28. The van der Waals surface area contributed by atoms with Gasteiger partial charge >= 0.3 is 5.76 Å². The number of amides is 1. The second kappa shape index (κ2) is 9.21. The largest absolute Gasteiger partial charge is 0.384 e. The van der Waals surface area contributed by atoms with Crippen LogP contribution in [0.15, 0.2) is 28.5 Å². The van der Waals surface area contributed by atoms with Crippen molar-refractivity contribution in [2.75, 3.05) is 17.2 Å². The summed E-state index contributed by atoms with van der Waals surface area (Å²) in [6.07, 6.45) is 0. The van der Waals surface area contributed by atoms with Gasteiger partial charge in [-0.25, -0.2) is 13.4 Å². The molecule has 0 spiro atoms. The number of hydrogen-bond donors (Lipinski definition) is 3. The van der Waals surface area contributed by atoms with Crippen molar-refractivity contribution < 1.29 is 22.0 Å². The third-order valence-corrected chi connectivity index (χ3v) is 5.38. The average molecular weight is 427 g/mol. The molecule has 2 aromatic rings. The van der Waals surface area contributed by atoms with Crippen LogP contribution in [-0.2, 0) is 16.4 Å². The minimum atomic E-state index is -4.77. The quantitative estimate of drug-likeness (QED) is 0.627. The summed E-state index contributed by atoms with van der Waals surface area (Å²) in [5.41, 5.74) is 6.02. The predicted octanol–water partition coefficient (Wildman–Crippen LogP) is 2.70. The molecule has 0 saturated heterocycles. The monoisotopic (exact) mass is 426 g/mol. The fourth-order valence-electron chi connectivity index (χ4n) is 1.95. The standard InChI is InChI=1S/C14H16F2N4O3S2.ClH/c1-2-18-9-4-3-8(25(22,23)14(15)16)5-10(9)20-13(21)11-7-24-12(6-17)19-11;/h3-5,7,14,18H,2,6,17H2,1H3,(H,20,21);1H. The van der Waals surface area contributed by atoms with Crippen molar-refractivity contribution in [3.05, 3.63) is 34.3 Å². The zero-order chi connectivity index (χ0) is 18.6. The molecule has 4 N–H and O–H groups in total. The Balaban J connectivity index is 0.00000338. The number of halogens is 3. The Hall–Kier alpha value is -1.82. The molecule has 2 rings (SSSR count). The molecule has 144 valence electrons. The molecule has 0 radical (unpaired) electrons. The van der Waals surface area contributed by atoms with Gasteiger partial charge in [-0.05, 0) is 25.1 Å². The number of carbonyl (C=O) groups excluding carboxylic acids is 1.